The van der Waals surface area contributed by atoms with Crippen LogP contribution in [0, 0.1) is 17.8 Å². The van der Waals surface area contributed by atoms with Crippen LogP contribution >= 0.6 is 0 Å². The van der Waals surface area contributed by atoms with Gasteiger partial charge in [-0.2, -0.15) is 0 Å². The molecule has 2 amide bonds. The third-order valence-corrected chi connectivity index (χ3v) is 5.34. The number of ether oxygens (including phenoxy) is 1. The first-order chi connectivity index (χ1) is 10.5. The van der Waals surface area contributed by atoms with Crippen LogP contribution in [-0.4, -0.2) is 31.2 Å². The first-order valence-electron chi connectivity index (χ1n) is 8.64. The third-order valence-electron chi connectivity index (χ3n) is 5.34. The Morgan fingerprint density at radius 3 is 2.23 bits per heavy atom. The van der Waals surface area contributed by atoms with Crippen molar-refractivity contribution in [3.63, 3.8) is 0 Å². The number of hydrogen-bond acceptors (Lipinski definition) is 3. The molecule has 0 heterocycles. The zero-order chi connectivity index (χ0) is 16.1. The number of rotatable bonds is 3. The molecule has 2 rings (SSSR count). The minimum Gasteiger partial charge on any atom is -0.469 e. The fourth-order valence-corrected chi connectivity index (χ4v) is 3.92. The van der Waals surface area contributed by atoms with E-state index < -0.39 is 0 Å². The minimum atomic E-state index is -0.118. The molecule has 0 radical (unpaired) electrons. The van der Waals surface area contributed by atoms with Crippen molar-refractivity contribution in [1.82, 2.24) is 10.6 Å². The van der Waals surface area contributed by atoms with Gasteiger partial charge in [-0.1, -0.05) is 13.8 Å². The first kappa shape index (κ1) is 17.1. The average Bonchev–Trinajstić information content (AvgIpc) is 2.50. The lowest BCUT2D eigenvalue weighted by Crippen LogP contribution is -2.50. The Hall–Kier alpha value is -1.26. The van der Waals surface area contributed by atoms with E-state index in [1.165, 1.54) is 20.0 Å². The summed E-state index contributed by atoms with van der Waals surface area (Å²) in [7, 11) is 1.44. The van der Waals surface area contributed by atoms with Gasteiger partial charge in [-0.15, -0.1) is 0 Å². The van der Waals surface area contributed by atoms with Crippen molar-refractivity contribution in [3.05, 3.63) is 0 Å². The molecule has 0 aromatic heterocycles. The predicted octanol–water partition coefficient (Wildman–Crippen LogP) is 2.84. The van der Waals surface area contributed by atoms with Crippen LogP contribution in [0.15, 0.2) is 0 Å². The normalized spacial score (nSPS) is 35.5. The number of esters is 1. The zero-order valence-corrected chi connectivity index (χ0v) is 14.1. The van der Waals surface area contributed by atoms with E-state index in [0.717, 1.165) is 38.0 Å². The van der Waals surface area contributed by atoms with Gasteiger partial charge >= 0.3 is 12.0 Å². The fraction of sp³-hybridized carbons (Fsp3) is 0.882. The van der Waals surface area contributed by atoms with Gasteiger partial charge in [0.15, 0.2) is 0 Å². The van der Waals surface area contributed by atoms with Crippen LogP contribution in [0.1, 0.15) is 58.8 Å². The fourth-order valence-electron chi connectivity index (χ4n) is 3.92. The molecule has 5 nitrogen and oxygen atoms in total. The number of methoxy groups -OCH3 is 1. The Kier molecular flexibility index (Phi) is 6.09. The van der Waals surface area contributed by atoms with Crippen molar-refractivity contribution in [2.75, 3.05) is 7.11 Å². The Balaban J connectivity index is 1.71. The number of carbonyl (C=O) groups excluding carboxylic acids is 2. The van der Waals surface area contributed by atoms with Crippen molar-refractivity contribution in [1.29, 1.82) is 0 Å². The SMILES string of the molecule is COC(=O)C1CCC(NC(=O)N[C@@H]2CC[C@@H](C)C[C@@H]2C)CC1. The van der Waals surface area contributed by atoms with Gasteiger partial charge in [-0.3, -0.25) is 4.79 Å². The topological polar surface area (TPSA) is 67.4 Å². The maximum atomic E-state index is 12.2. The van der Waals surface area contributed by atoms with Crippen molar-refractivity contribution in [3.8, 4) is 0 Å². The van der Waals surface area contributed by atoms with Gasteiger partial charge in [0, 0.05) is 12.1 Å². The molecule has 2 fully saturated rings. The molecule has 0 aromatic rings. The molecule has 0 aromatic carbocycles. The molecule has 0 unspecified atom stereocenters. The predicted molar refractivity (Wildman–Crippen MR) is 85.4 cm³/mol. The number of nitrogens with one attached hydrogen (secondary N) is 2. The van der Waals surface area contributed by atoms with Gasteiger partial charge in [0.05, 0.1) is 13.0 Å². The molecule has 3 atom stereocenters. The van der Waals surface area contributed by atoms with Gasteiger partial charge < -0.3 is 15.4 Å². The number of urea groups is 1. The highest BCUT2D eigenvalue weighted by Crippen LogP contribution is 2.29. The summed E-state index contributed by atoms with van der Waals surface area (Å²) in [6.07, 6.45) is 6.76. The number of carbonyl (C=O) groups is 2. The molecule has 5 heteroatoms. The van der Waals surface area contributed by atoms with E-state index in [9.17, 15) is 9.59 Å². The molecule has 0 bridgehead atoms. The lowest BCUT2D eigenvalue weighted by molar-refractivity contribution is -0.146. The number of amides is 2. The van der Waals surface area contributed by atoms with E-state index in [0.29, 0.717) is 12.0 Å². The third kappa shape index (κ3) is 4.62. The van der Waals surface area contributed by atoms with E-state index >= 15 is 0 Å². The maximum Gasteiger partial charge on any atom is 0.315 e. The van der Waals surface area contributed by atoms with Crippen LogP contribution in [0.5, 0.6) is 0 Å². The summed E-state index contributed by atoms with van der Waals surface area (Å²) in [6, 6.07) is 0.425. The molecule has 2 aliphatic carbocycles. The summed E-state index contributed by atoms with van der Waals surface area (Å²) < 4.78 is 4.79. The molecule has 2 N–H and O–H groups in total. The van der Waals surface area contributed by atoms with Gasteiger partial charge in [0.2, 0.25) is 0 Å². The summed E-state index contributed by atoms with van der Waals surface area (Å²) in [5.74, 6) is 1.20. The molecule has 0 saturated heterocycles. The molecule has 0 aliphatic heterocycles. The molecule has 2 saturated carbocycles. The molecule has 22 heavy (non-hydrogen) atoms. The molecular weight excluding hydrogens is 280 g/mol. The molecule has 126 valence electrons. The highest BCUT2D eigenvalue weighted by molar-refractivity contribution is 5.75. The Morgan fingerprint density at radius 1 is 0.955 bits per heavy atom. The van der Waals surface area contributed by atoms with E-state index in [1.54, 1.807) is 0 Å². The van der Waals surface area contributed by atoms with Crippen molar-refractivity contribution in [2.45, 2.75) is 70.9 Å². The summed E-state index contributed by atoms with van der Waals surface area (Å²) in [4.78, 5) is 23.7. The lowest BCUT2D eigenvalue weighted by Gasteiger charge is -2.34. The van der Waals surface area contributed by atoms with Crippen LogP contribution in [-0.2, 0) is 9.53 Å². The molecule has 0 spiro atoms. The average molecular weight is 310 g/mol. The smallest absolute Gasteiger partial charge is 0.315 e. The monoisotopic (exact) mass is 310 g/mol. The lowest BCUT2D eigenvalue weighted by atomic mass is 9.80. The Labute approximate surface area is 133 Å². The van der Waals surface area contributed by atoms with Crippen molar-refractivity contribution >= 4 is 12.0 Å². The molecular formula is C17H30N2O3. The van der Waals surface area contributed by atoms with Crippen LogP contribution in [0.3, 0.4) is 0 Å². The summed E-state index contributed by atoms with van der Waals surface area (Å²) in [5, 5.41) is 6.21. The highest BCUT2D eigenvalue weighted by Gasteiger charge is 2.29. The standard InChI is InChI=1S/C17H30N2O3/c1-11-4-9-15(12(2)10-11)19-17(21)18-14-7-5-13(6-8-14)16(20)22-3/h11-15H,4-10H2,1-3H3,(H2,18,19,21)/t11-,12+,13?,14?,15-/m1/s1. The van der Waals surface area contributed by atoms with Crippen LogP contribution < -0.4 is 10.6 Å². The van der Waals surface area contributed by atoms with E-state index in [-0.39, 0.29) is 24.0 Å². The molecule has 2 aliphatic rings. The minimum absolute atomic E-state index is 0.00552. The first-order valence-corrected chi connectivity index (χ1v) is 8.64. The van der Waals surface area contributed by atoms with Crippen LogP contribution in [0.4, 0.5) is 4.79 Å². The second kappa shape index (κ2) is 7.84. The second-order valence-corrected chi connectivity index (χ2v) is 7.19. The van der Waals surface area contributed by atoms with Gasteiger partial charge in [-0.25, -0.2) is 4.79 Å². The number of hydrogen-bond donors (Lipinski definition) is 2. The quantitative estimate of drug-likeness (QED) is 0.788. The summed E-state index contributed by atoms with van der Waals surface area (Å²) in [5.41, 5.74) is 0. The zero-order valence-electron chi connectivity index (χ0n) is 14.1. The summed E-state index contributed by atoms with van der Waals surface area (Å²) >= 11 is 0. The van der Waals surface area contributed by atoms with E-state index in [2.05, 4.69) is 24.5 Å². The Bertz CT molecular complexity index is 391. The van der Waals surface area contributed by atoms with Gasteiger partial charge in [0.25, 0.3) is 0 Å². The van der Waals surface area contributed by atoms with Crippen molar-refractivity contribution < 1.29 is 14.3 Å². The summed E-state index contributed by atoms with van der Waals surface area (Å²) in [6.45, 7) is 4.51. The van der Waals surface area contributed by atoms with Crippen LogP contribution in [0.2, 0.25) is 0 Å². The maximum absolute atomic E-state index is 12.2. The largest absolute Gasteiger partial charge is 0.469 e. The second-order valence-electron chi connectivity index (χ2n) is 7.19. The highest BCUT2D eigenvalue weighted by atomic mass is 16.5. The van der Waals surface area contributed by atoms with Crippen molar-refractivity contribution in [2.24, 2.45) is 17.8 Å². The van der Waals surface area contributed by atoms with Gasteiger partial charge in [-0.05, 0) is 56.8 Å². The van der Waals surface area contributed by atoms with Gasteiger partial charge in [0.1, 0.15) is 0 Å². The van der Waals surface area contributed by atoms with E-state index in [1.807, 2.05) is 0 Å². The Morgan fingerprint density at radius 2 is 1.64 bits per heavy atom. The van der Waals surface area contributed by atoms with E-state index in [4.69, 9.17) is 4.74 Å². The van der Waals surface area contributed by atoms with Crippen LogP contribution in [0.25, 0.3) is 0 Å².